The van der Waals surface area contributed by atoms with Crippen LogP contribution in [-0.2, 0) is 10.2 Å². The van der Waals surface area contributed by atoms with E-state index in [-0.39, 0.29) is 17.2 Å². The molecule has 2 rings (SSSR count). The van der Waals surface area contributed by atoms with Gasteiger partial charge in [0.25, 0.3) is 0 Å². The van der Waals surface area contributed by atoms with Crippen molar-refractivity contribution in [3.8, 4) is 0 Å². The molecule has 0 aliphatic carbocycles. The van der Waals surface area contributed by atoms with Crippen LogP contribution in [0.15, 0.2) is 6.07 Å². The van der Waals surface area contributed by atoms with Crippen LogP contribution >= 0.6 is 11.5 Å². The van der Waals surface area contributed by atoms with Gasteiger partial charge >= 0.3 is 0 Å². The number of carbonyl (C=O) groups is 1. The van der Waals surface area contributed by atoms with Crippen LogP contribution in [0.5, 0.6) is 0 Å². The number of hydrogen-bond donors (Lipinski definition) is 0. The van der Waals surface area contributed by atoms with Gasteiger partial charge in [-0.2, -0.15) is 4.37 Å². The van der Waals surface area contributed by atoms with Crippen LogP contribution < -0.4 is 4.90 Å². The van der Waals surface area contributed by atoms with E-state index in [4.69, 9.17) is 0 Å². The van der Waals surface area contributed by atoms with Gasteiger partial charge in [0.1, 0.15) is 5.00 Å². The van der Waals surface area contributed by atoms with E-state index in [1.54, 1.807) is 0 Å². The fourth-order valence-corrected chi connectivity index (χ4v) is 2.75. The van der Waals surface area contributed by atoms with E-state index in [9.17, 15) is 4.79 Å². The Hall–Kier alpha value is -0.900. The van der Waals surface area contributed by atoms with E-state index >= 15 is 0 Å². The standard InChI is InChI=1S/C12H18N2OS/c1-8-5-6-14(11(8)15)10-7-9(13-16-10)12(2,3)4/h7-8H,5-6H2,1-4H3. The summed E-state index contributed by atoms with van der Waals surface area (Å²) < 4.78 is 4.44. The second-order valence-corrected chi connectivity index (χ2v) is 6.26. The van der Waals surface area contributed by atoms with Gasteiger partial charge in [-0.15, -0.1) is 0 Å². The third-order valence-electron chi connectivity index (χ3n) is 3.01. The Labute approximate surface area is 101 Å². The molecule has 1 aliphatic rings. The topological polar surface area (TPSA) is 33.2 Å². The van der Waals surface area contributed by atoms with Crippen molar-refractivity contribution < 1.29 is 4.79 Å². The highest BCUT2D eigenvalue weighted by Gasteiger charge is 2.31. The average molecular weight is 238 g/mol. The van der Waals surface area contributed by atoms with E-state index in [2.05, 4.69) is 31.2 Å². The van der Waals surface area contributed by atoms with Gasteiger partial charge in [-0.1, -0.05) is 27.7 Å². The molecule has 1 aromatic heterocycles. The molecule has 4 heteroatoms. The van der Waals surface area contributed by atoms with E-state index < -0.39 is 0 Å². The second-order valence-electron chi connectivity index (χ2n) is 5.48. The first-order valence-electron chi connectivity index (χ1n) is 5.68. The zero-order valence-corrected chi connectivity index (χ0v) is 11.1. The molecule has 1 saturated heterocycles. The number of amides is 1. The molecular formula is C12H18N2OS. The van der Waals surface area contributed by atoms with Crippen molar-refractivity contribution in [2.45, 2.75) is 39.5 Å². The molecule has 0 aromatic carbocycles. The van der Waals surface area contributed by atoms with E-state index in [0.717, 1.165) is 23.7 Å². The van der Waals surface area contributed by atoms with Crippen LogP contribution in [0.4, 0.5) is 5.00 Å². The van der Waals surface area contributed by atoms with Gasteiger partial charge in [-0.3, -0.25) is 4.79 Å². The first kappa shape index (κ1) is 11.6. The molecule has 0 radical (unpaired) electrons. The minimum absolute atomic E-state index is 0.0587. The molecule has 1 atom stereocenters. The summed E-state index contributed by atoms with van der Waals surface area (Å²) in [7, 11) is 0. The molecule has 16 heavy (non-hydrogen) atoms. The number of hydrogen-bond acceptors (Lipinski definition) is 3. The van der Waals surface area contributed by atoms with Gasteiger partial charge in [0, 0.05) is 17.9 Å². The van der Waals surface area contributed by atoms with E-state index in [1.807, 2.05) is 11.8 Å². The molecule has 1 amide bonds. The summed E-state index contributed by atoms with van der Waals surface area (Å²) in [6.45, 7) is 9.25. The molecule has 1 aliphatic heterocycles. The van der Waals surface area contributed by atoms with Gasteiger partial charge < -0.3 is 4.90 Å². The van der Waals surface area contributed by atoms with Gasteiger partial charge in [-0.25, -0.2) is 0 Å². The zero-order valence-electron chi connectivity index (χ0n) is 10.3. The monoisotopic (exact) mass is 238 g/mol. The maximum Gasteiger partial charge on any atom is 0.230 e. The zero-order chi connectivity index (χ0) is 11.9. The first-order chi connectivity index (χ1) is 7.39. The highest BCUT2D eigenvalue weighted by molar-refractivity contribution is 7.10. The molecule has 88 valence electrons. The van der Waals surface area contributed by atoms with Crippen LogP contribution in [-0.4, -0.2) is 16.8 Å². The van der Waals surface area contributed by atoms with Crippen LogP contribution in [0, 0.1) is 5.92 Å². The van der Waals surface area contributed by atoms with Crippen molar-refractivity contribution in [2.75, 3.05) is 11.4 Å². The van der Waals surface area contributed by atoms with Gasteiger partial charge in [-0.05, 0) is 24.0 Å². The molecule has 3 nitrogen and oxygen atoms in total. The summed E-state index contributed by atoms with van der Waals surface area (Å²) in [4.78, 5) is 13.7. The summed E-state index contributed by atoms with van der Waals surface area (Å²) in [5.74, 6) is 0.407. The maximum absolute atomic E-state index is 11.9. The fourth-order valence-electron chi connectivity index (χ4n) is 1.79. The lowest BCUT2D eigenvalue weighted by Crippen LogP contribution is -2.25. The lowest BCUT2D eigenvalue weighted by atomic mass is 9.92. The number of carbonyl (C=O) groups excluding carboxylic acids is 1. The largest absolute Gasteiger partial charge is 0.302 e. The minimum atomic E-state index is 0.0587. The van der Waals surface area contributed by atoms with Crippen LogP contribution in [0.2, 0.25) is 0 Å². The van der Waals surface area contributed by atoms with Crippen molar-refractivity contribution in [1.29, 1.82) is 0 Å². The summed E-state index contributed by atoms with van der Waals surface area (Å²) in [5, 5.41) is 0.999. The molecular weight excluding hydrogens is 220 g/mol. The summed E-state index contributed by atoms with van der Waals surface area (Å²) in [6.07, 6.45) is 0.960. The Bertz CT molecular complexity index is 405. The quantitative estimate of drug-likeness (QED) is 0.753. The molecule has 1 unspecified atom stereocenters. The highest BCUT2D eigenvalue weighted by Crippen LogP contribution is 2.32. The molecule has 0 spiro atoms. The smallest absolute Gasteiger partial charge is 0.230 e. The Morgan fingerprint density at radius 3 is 2.62 bits per heavy atom. The molecule has 0 bridgehead atoms. The third kappa shape index (κ3) is 1.98. The van der Waals surface area contributed by atoms with Gasteiger partial charge in [0.05, 0.1) is 5.69 Å². The lowest BCUT2D eigenvalue weighted by Gasteiger charge is -2.15. The summed E-state index contributed by atoms with van der Waals surface area (Å²) >= 11 is 1.43. The SMILES string of the molecule is CC1CCN(c2cc(C(C)(C)C)ns2)C1=O. The molecule has 1 fully saturated rings. The van der Waals surface area contributed by atoms with Crippen molar-refractivity contribution >= 4 is 22.4 Å². The molecule has 1 aromatic rings. The normalized spacial score (nSPS) is 21.9. The minimum Gasteiger partial charge on any atom is -0.302 e. The number of aromatic nitrogens is 1. The van der Waals surface area contributed by atoms with E-state index in [0.29, 0.717) is 0 Å². The lowest BCUT2D eigenvalue weighted by molar-refractivity contribution is -0.119. The Kier molecular flexibility index (Phi) is 2.78. The number of nitrogens with zero attached hydrogens (tertiary/aromatic N) is 2. The average Bonchev–Trinajstić information content (AvgIpc) is 2.74. The predicted octanol–water partition coefficient (Wildman–Crippen LogP) is 2.81. The highest BCUT2D eigenvalue weighted by atomic mass is 32.1. The van der Waals surface area contributed by atoms with Crippen molar-refractivity contribution in [3.63, 3.8) is 0 Å². The number of rotatable bonds is 1. The predicted molar refractivity (Wildman–Crippen MR) is 66.9 cm³/mol. The summed E-state index contributed by atoms with van der Waals surface area (Å²) in [6, 6.07) is 2.06. The van der Waals surface area contributed by atoms with Crippen molar-refractivity contribution in [3.05, 3.63) is 11.8 Å². The van der Waals surface area contributed by atoms with Crippen LogP contribution in [0.1, 0.15) is 39.8 Å². The Balaban J connectivity index is 2.23. The van der Waals surface area contributed by atoms with Crippen molar-refractivity contribution in [2.24, 2.45) is 5.92 Å². The third-order valence-corrected chi connectivity index (χ3v) is 3.82. The molecule has 2 heterocycles. The van der Waals surface area contributed by atoms with Gasteiger partial charge in [0.2, 0.25) is 5.91 Å². The number of anilines is 1. The van der Waals surface area contributed by atoms with Crippen LogP contribution in [0.25, 0.3) is 0 Å². The summed E-state index contributed by atoms with van der Waals surface area (Å²) in [5.41, 5.74) is 1.13. The fraction of sp³-hybridized carbons (Fsp3) is 0.667. The van der Waals surface area contributed by atoms with Crippen LogP contribution in [0.3, 0.4) is 0 Å². The Morgan fingerprint density at radius 1 is 1.50 bits per heavy atom. The van der Waals surface area contributed by atoms with Crippen molar-refractivity contribution in [1.82, 2.24) is 4.37 Å². The van der Waals surface area contributed by atoms with E-state index in [1.165, 1.54) is 11.5 Å². The molecule has 0 saturated carbocycles. The molecule has 0 N–H and O–H groups in total. The Morgan fingerprint density at radius 2 is 2.19 bits per heavy atom. The van der Waals surface area contributed by atoms with Gasteiger partial charge in [0.15, 0.2) is 0 Å². The maximum atomic E-state index is 11.9. The first-order valence-corrected chi connectivity index (χ1v) is 6.45. The second kappa shape index (κ2) is 3.84.